The van der Waals surface area contributed by atoms with Crippen LogP contribution < -0.4 is 10.1 Å². The summed E-state index contributed by atoms with van der Waals surface area (Å²) in [7, 11) is 1.80. The van der Waals surface area contributed by atoms with Crippen LogP contribution in [0.5, 0.6) is 5.75 Å². The molecule has 0 amide bonds. The molecule has 1 aromatic rings. The predicted octanol–water partition coefficient (Wildman–Crippen LogP) is 3.38. The summed E-state index contributed by atoms with van der Waals surface area (Å²) in [6, 6.07) is 8.91. The van der Waals surface area contributed by atoms with Crippen molar-refractivity contribution < 1.29 is 9.47 Å². The van der Waals surface area contributed by atoms with Gasteiger partial charge < -0.3 is 14.8 Å². The van der Waals surface area contributed by atoms with E-state index in [1.165, 1.54) is 5.56 Å². The molecule has 2 rings (SSSR count). The van der Waals surface area contributed by atoms with Gasteiger partial charge in [-0.1, -0.05) is 32.9 Å². The van der Waals surface area contributed by atoms with Gasteiger partial charge in [0.05, 0.1) is 12.7 Å². The topological polar surface area (TPSA) is 30.5 Å². The lowest BCUT2D eigenvalue weighted by Crippen LogP contribution is -2.60. The minimum absolute atomic E-state index is 0.221. The normalized spacial score (nSPS) is 24.2. The van der Waals surface area contributed by atoms with Gasteiger partial charge in [-0.25, -0.2) is 0 Å². The molecule has 0 aliphatic heterocycles. The first-order valence-electron chi connectivity index (χ1n) is 7.55. The highest BCUT2D eigenvalue weighted by Gasteiger charge is 2.48. The molecular formula is C17H27NO2. The lowest BCUT2D eigenvalue weighted by Gasteiger charge is -2.51. The van der Waals surface area contributed by atoms with Crippen molar-refractivity contribution in [3.8, 4) is 5.75 Å². The first kappa shape index (κ1) is 15.3. The molecule has 0 radical (unpaired) electrons. The fourth-order valence-electron chi connectivity index (χ4n) is 2.80. The van der Waals surface area contributed by atoms with E-state index < -0.39 is 0 Å². The first-order valence-corrected chi connectivity index (χ1v) is 7.55. The second kappa shape index (κ2) is 6.59. The van der Waals surface area contributed by atoms with Crippen molar-refractivity contribution in [3.63, 3.8) is 0 Å². The van der Waals surface area contributed by atoms with Gasteiger partial charge in [-0.05, 0) is 30.5 Å². The standard InChI is InChI=1S/C17H27NO2/c1-5-10-20-14-8-6-13(7-9-14)12-18-15-11-16(19-4)17(15,2)3/h6-9,15-16,18H,5,10-12H2,1-4H3. The molecule has 3 heteroatoms. The Labute approximate surface area is 122 Å². The van der Waals surface area contributed by atoms with Crippen LogP contribution in [0.3, 0.4) is 0 Å². The smallest absolute Gasteiger partial charge is 0.119 e. The second-order valence-corrected chi connectivity index (χ2v) is 6.21. The third kappa shape index (κ3) is 3.33. The molecule has 0 saturated heterocycles. The first-order chi connectivity index (χ1) is 9.57. The molecule has 20 heavy (non-hydrogen) atoms. The van der Waals surface area contributed by atoms with Crippen molar-refractivity contribution >= 4 is 0 Å². The molecule has 1 fully saturated rings. The summed E-state index contributed by atoms with van der Waals surface area (Å²) < 4.78 is 11.1. The van der Waals surface area contributed by atoms with Crippen LogP contribution in [-0.2, 0) is 11.3 Å². The Morgan fingerprint density at radius 3 is 2.50 bits per heavy atom. The van der Waals surface area contributed by atoms with Gasteiger partial charge in [0.1, 0.15) is 5.75 Å². The van der Waals surface area contributed by atoms with Crippen LogP contribution in [0.2, 0.25) is 0 Å². The van der Waals surface area contributed by atoms with Gasteiger partial charge in [-0.2, -0.15) is 0 Å². The highest BCUT2D eigenvalue weighted by molar-refractivity contribution is 5.27. The summed E-state index contributed by atoms with van der Waals surface area (Å²) in [6.07, 6.45) is 2.52. The van der Waals surface area contributed by atoms with Crippen LogP contribution in [-0.4, -0.2) is 25.9 Å². The van der Waals surface area contributed by atoms with Crippen LogP contribution in [0.4, 0.5) is 0 Å². The molecule has 2 atom stereocenters. The highest BCUT2D eigenvalue weighted by Crippen LogP contribution is 2.42. The molecule has 1 aliphatic carbocycles. The van der Waals surface area contributed by atoms with E-state index in [2.05, 4.69) is 50.4 Å². The Morgan fingerprint density at radius 1 is 1.25 bits per heavy atom. The summed E-state index contributed by atoms with van der Waals surface area (Å²) in [5.41, 5.74) is 1.52. The maximum Gasteiger partial charge on any atom is 0.119 e. The van der Waals surface area contributed by atoms with Crippen LogP contribution in [0, 0.1) is 5.41 Å². The molecule has 1 N–H and O–H groups in total. The molecule has 0 aromatic heterocycles. The van der Waals surface area contributed by atoms with Gasteiger partial charge in [0.2, 0.25) is 0 Å². The Kier molecular flexibility index (Phi) is 5.06. The van der Waals surface area contributed by atoms with Crippen molar-refractivity contribution in [2.75, 3.05) is 13.7 Å². The number of ether oxygens (including phenoxy) is 2. The summed E-state index contributed by atoms with van der Waals surface area (Å²) in [5.74, 6) is 0.957. The minimum atomic E-state index is 0.221. The fourth-order valence-corrected chi connectivity index (χ4v) is 2.80. The van der Waals surface area contributed by atoms with Crippen LogP contribution in [0.25, 0.3) is 0 Å². The van der Waals surface area contributed by atoms with Gasteiger partial charge >= 0.3 is 0 Å². The maximum atomic E-state index is 5.59. The van der Waals surface area contributed by atoms with E-state index >= 15 is 0 Å². The van der Waals surface area contributed by atoms with E-state index in [-0.39, 0.29) is 5.41 Å². The molecule has 112 valence electrons. The molecule has 2 unspecified atom stereocenters. The van der Waals surface area contributed by atoms with Crippen molar-refractivity contribution in [3.05, 3.63) is 29.8 Å². The van der Waals surface area contributed by atoms with Crippen molar-refractivity contribution in [2.45, 2.75) is 52.3 Å². The van der Waals surface area contributed by atoms with Gasteiger partial charge in [0, 0.05) is 25.1 Å². The fraction of sp³-hybridized carbons (Fsp3) is 0.647. The zero-order chi connectivity index (χ0) is 14.6. The number of hydrogen-bond acceptors (Lipinski definition) is 3. The van der Waals surface area contributed by atoms with E-state index in [0.29, 0.717) is 12.1 Å². The molecule has 1 saturated carbocycles. The van der Waals surface area contributed by atoms with Crippen molar-refractivity contribution in [1.82, 2.24) is 5.32 Å². The Balaban J connectivity index is 1.80. The molecule has 1 aromatic carbocycles. The van der Waals surface area contributed by atoms with Crippen LogP contribution in [0.1, 0.15) is 39.2 Å². The SMILES string of the molecule is CCCOc1ccc(CNC2CC(OC)C2(C)C)cc1. The zero-order valence-corrected chi connectivity index (χ0v) is 13.1. The van der Waals surface area contributed by atoms with Gasteiger partial charge in [0.15, 0.2) is 0 Å². The third-order valence-corrected chi connectivity index (χ3v) is 4.41. The Morgan fingerprint density at radius 2 is 1.95 bits per heavy atom. The molecule has 0 heterocycles. The van der Waals surface area contributed by atoms with E-state index in [0.717, 1.165) is 31.7 Å². The van der Waals surface area contributed by atoms with Crippen LogP contribution in [0.15, 0.2) is 24.3 Å². The van der Waals surface area contributed by atoms with Crippen LogP contribution >= 0.6 is 0 Å². The van der Waals surface area contributed by atoms with E-state index in [4.69, 9.17) is 9.47 Å². The maximum absolute atomic E-state index is 5.59. The molecule has 0 spiro atoms. The number of rotatable bonds is 7. The monoisotopic (exact) mass is 277 g/mol. The van der Waals surface area contributed by atoms with E-state index in [9.17, 15) is 0 Å². The largest absolute Gasteiger partial charge is 0.494 e. The lowest BCUT2D eigenvalue weighted by molar-refractivity contribution is -0.0979. The molecule has 3 nitrogen and oxygen atoms in total. The second-order valence-electron chi connectivity index (χ2n) is 6.21. The summed E-state index contributed by atoms with van der Waals surface area (Å²) >= 11 is 0. The molecule has 0 bridgehead atoms. The predicted molar refractivity (Wildman–Crippen MR) is 82.1 cm³/mol. The van der Waals surface area contributed by atoms with Gasteiger partial charge in [-0.3, -0.25) is 0 Å². The summed E-state index contributed by atoms with van der Waals surface area (Å²) in [6.45, 7) is 8.34. The number of nitrogens with one attached hydrogen (secondary N) is 1. The molecule has 1 aliphatic rings. The number of hydrogen-bond donors (Lipinski definition) is 1. The average molecular weight is 277 g/mol. The minimum Gasteiger partial charge on any atom is -0.494 e. The van der Waals surface area contributed by atoms with Crippen molar-refractivity contribution in [2.24, 2.45) is 5.41 Å². The Hall–Kier alpha value is -1.06. The van der Waals surface area contributed by atoms with Crippen molar-refractivity contribution in [1.29, 1.82) is 0 Å². The van der Waals surface area contributed by atoms with E-state index in [1.807, 2.05) is 0 Å². The summed E-state index contributed by atoms with van der Waals surface area (Å²) in [4.78, 5) is 0. The number of benzene rings is 1. The van der Waals surface area contributed by atoms with Gasteiger partial charge in [0.25, 0.3) is 0 Å². The third-order valence-electron chi connectivity index (χ3n) is 4.41. The average Bonchev–Trinajstić information content (AvgIpc) is 2.45. The Bertz CT molecular complexity index is 414. The summed E-state index contributed by atoms with van der Waals surface area (Å²) in [5, 5.41) is 3.63. The quantitative estimate of drug-likeness (QED) is 0.829. The number of methoxy groups -OCH3 is 1. The highest BCUT2D eigenvalue weighted by atomic mass is 16.5. The molecular weight excluding hydrogens is 250 g/mol. The lowest BCUT2D eigenvalue weighted by atomic mass is 9.64. The van der Waals surface area contributed by atoms with E-state index in [1.54, 1.807) is 7.11 Å². The zero-order valence-electron chi connectivity index (χ0n) is 13.1. The van der Waals surface area contributed by atoms with Gasteiger partial charge in [-0.15, -0.1) is 0 Å².